The van der Waals surface area contributed by atoms with Gasteiger partial charge in [-0.2, -0.15) is 0 Å². The topological polar surface area (TPSA) is 126 Å². The third-order valence-electron chi connectivity index (χ3n) is 2.15. The molecular formula is C10H21N3O7Si. The van der Waals surface area contributed by atoms with Gasteiger partial charge >= 0.3 is 21.5 Å². The summed E-state index contributed by atoms with van der Waals surface area (Å²) in [5.74, 6) is -2.06. The number of carbonyl (C=O) groups excluding carboxylic acids is 2. The molecule has 11 heteroatoms. The number of carbonyl (C=O) groups is 3. The Morgan fingerprint density at radius 1 is 1.33 bits per heavy atom. The second-order valence-corrected chi connectivity index (χ2v) is 6.43. The number of hydrazine groups is 1. The highest BCUT2D eigenvalue weighted by atomic mass is 28.3. The summed E-state index contributed by atoms with van der Waals surface area (Å²) in [6, 6.07) is -1.34. The zero-order valence-electron chi connectivity index (χ0n) is 12.4. The van der Waals surface area contributed by atoms with E-state index in [0.717, 1.165) is 0 Å². The van der Waals surface area contributed by atoms with Crippen LogP contribution >= 0.6 is 0 Å². The van der Waals surface area contributed by atoms with E-state index in [0.29, 0.717) is 0 Å². The molecule has 122 valence electrons. The van der Waals surface area contributed by atoms with Crippen LogP contribution in [0.2, 0.25) is 0 Å². The zero-order chi connectivity index (χ0) is 16.4. The van der Waals surface area contributed by atoms with Crippen molar-refractivity contribution in [3.63, 3.8) is 0 Å². The Kier molecular flexibility index (Phi) is 9.28. The van der Waals surface area contributed by atoms with Crippen molar-refractivity contribution in [2.75, 3.05) is 27.8 Å². The van der Waals surface area contributed by atoms with Crippen molar-refractivity contribution in [1.29, 1.82) is 0 Å². The van der Waals surface area contributed by atoms with Gasteiger partial charge in [-0.25, -0.2) is 10.2 Å². The Balaban J connectivity index is 4.40. The minimum atomic E-state index is -2.33. The van der Waals surface area contributed by atoms with Crippen LogP contribution in [0.5, 0.6) is 0 Å². The molecule has 0 radical (unpaired) electrons. The number of carboxylic acid groups (broad SMARTS) is 1. The van der Waals surface area contributed by atoms with E-state index in [1.165, 1.54) is 7.11 Å². The lowest BCUT2D eigenvalue weighted by Gasteiger charge is -2.21. The lowest BCUT2D eigenvalue weighted by atomic mass is 10.2. The lowest BCUT2D eigenvalue weighted by molar-refractivity contribution is -0.146. The summed E-state index contributed by atoms with van der Waals surface area (Å²) in [5.41, 5.74) is 4.22. The Morgan fingerprint density at radius 2 is 1.95 bits per heavy atom. The number of ether oxygens (including phenoxy) is 1. The van der Waals surface area contributed by atoms with Gasteiger partial charge in [-0.15, -0.1) is 0 Å². The Labute approximate surface area is 124 Å². The first-order chi connectivity index (χ1) is 9.81. The molecule has 0 aromatic carbocycles. The van der Waals surface area contributed by atoms with E-state index in [4.69, 9.17) is 14.0 Å². The van der Waals surface area contributed by atoms with Gasteiger partial charge in [0.1, 0.15) is 6.04 Å². The summed E-state index contributed by atoms with van der Waals surface area (Å²) >= 11 is 0. The molecule has 0 aromatic heterocycles. The molecule has 1 unspecified atom stereocenters. The van der Waals surface area contributed by atoms with Gasteiger partial charge in [0.05, 0.1) is 13.0 Å². The zero-order valence-corrected chi connectivity index (χ0v) is 13.6. The molecule has 0 saturated heterocycles. The number of hydrogen-bond acceptors (Lipinski definition) is 8. The molecule has 0 aromatic rings. The molecule has 0 aliphatic heterocycles. The summed E-state index contributed by atoms with van der Waals surface area (Å²) in [5, 5.41) is 8.97. The van der Waals surface area contributed by atoms with Crippen molar-refractivity contribution < 1.29 is 33.1 Å². The molecule has 10 nitrogen and oxygen atoms in total. The van der Waals surface area contributed by atoms with Crippen LogP contribution in [-0.2, 0) is 23.2 Å². The molecule has 0 aliphatic carbocycles. The van der Waals surface area contributed by atoms with Gasteiger partial charge in [0.15, 0.2) is 0 Å². The van der Waals surface area contributed by atoms with Gasteiger partial charge in [-0.1, -0.05) is 0 Å². The smallest absolute Gasteiger partial charge is 0.475 e. The van der Waals surface area contributed by atoms with E-state index >= 15 is 0 Å². The Morgan fingerprint density at radius 3 is 2.38 bits per heavy atom. The van der Waals surface area contributed by atoms with Crippen LogP contribution in [0.4, 0.5) is 4.79 Å². The number of hydrogen-bond donors (Lipinski definition) is 3. The van der Waals surface area contributed by atoms with Gasteiger partial charge in [0, 0.05) is 7.11 Å². The maximum Gasteiger partial charge on any atom is 0.475 e. The first-order valence-corrected chi connectivity index (χ1v) is 7.57. The largest absolute Gasteiger partial charge is 0.484 e. The standard InChI is InChI=1S/C10H21N3O7Si/c1-5-19-10(17)12-11-7(9(15)16)6-8(14)20-21(18-4)13(2)3/h7,11,21H,5-6H2,1-4H3,(H,12,17)(H,15,16)/t7-,21?/m0/s1. The van der Waals surface area contributed by atoms with Gasteiger partial charge in [0.2, 0.25) is 0 Å². The molecule has 0 heterocycles. The average Bonchev–Trinajstić information content (AvgIpc) is 2.40. The van der Waals surface area contributed by atoms with E-state index < -0.39 is 39.9 Å². The van der Waals surface area contributed by atoms with Crippen LogP contribution < -0.4 is 10.9 Å². The number of rotatable bonds is 9. The first kappa shape index (κ1) is 19.3. The maximum absolute atomic E-state index is 11.7. The normalized spacial score (nSPS) is 13.4. The van der Waals surface area contributed by atoms with Crippen LogP contribution in [0.15, 0.2) is 0 Å². The SMILES string of the molecule is CCOC(=O)NN[C@@H](CC(=O)O[SiH](OC)N(C)C)C(=O)O. The summed E-state index contributed by atoms with van der Waals surface area (Å²) < 4.78 is 16.2. The van der Waals surface area contributed by atoms with Crippen LogP contribution in [0.3, 0.4) is 0 Å². The highest BCUT2D eigenvalue weighted by Gasteiger charge is 2.26. The van der Waals surface area contributed by atoms with E-state index in [2.05, 4.69) is 10.2 Å². The molecule has 1 amide bonds. The summed E-state index contributed by atoms with van der Waals surface area (Å²) in [6.07, 6.45) is -1.31. The van der Waals surface area contributed by atoms with Crippen molar-refractivity contribution in [1.82, 2.24) is 15.4 Å². The predicted molar refractivity (Wildman–Crippen MR) is 73.3 cm³/mol. The number of nitrogens with one attached hydrogen (secondary N) is 2. The van der Waals surface area contributed by atoms with E-state index in [1.54, 1.807) is 25.6 Å². The molecule has 0 fully saturated rings. The number of carboxylic acids is 1. The third kappa shape index (κ3) is 8.24. The molecule has 0 bridgehead atoms. The van der Waals surface area contributed by atoms with Crippen molar-refractivity contribution in [2.45, 2.75) is 19.4 Å². The molecule has 2 atom stereocenters. The van der Waals surface area contributed by atoms with Crippen molar-refractivity contribution in [2.24, 2.45) is 0 Å². The van der Waals surface area contributed by atoms with E-state index in [9.17, 15) is 14.4 Å². The lowest BCUT2D eigenvalue weighted by Crippen LogP contribution is -2.50. The van der Waals surface area contributed by atoms with Gasteiger partial charge in [-0.3, -0.25) is 19.6 Å². The molecule has 0 rings (SSSR count). The number of amides is 1. The average molecular weight is 323 g/mol. The Hall–Kier alpha value is -1.69. The molecule has 3 N–H and O–H groups in total. The second-order valence-electron chi connectivity index (χ2n) is 4.08. The Bertz CT molecular complexity index is 367. The molecule has 0 spiro atoms. The third-order valence-corrected chi connectivity index (χ3v) is 3.86. The van der Waals surface area contributed by atoms with E-state index in [-0.39, 0.29) is 6.61 Å². The van der Waals surface area contributed by atoms with Crippen LogP contribution in [0, 0.1) is 0 Å². The summed E-state index contributed by atoms with van der Waals surface area (Å²) in [6.45, 7) is 1.74. The van der Waals surface area contributed by atoms with Gasteiger partial charge in [0.25, 0.3) is 5.97 Å². The van der Waals surface area contributed by atoms with E-state index in [1.807, 2.05) is 5.43 Å². The van der Waals surface area contributed by atoms with Crippen molar-refractivity contribution >= 4 is 27.5 Å². The van der Waals surface area contributed by atoms with Crippen molar-refractivity contribution in [3.8, 4) is 0 Å². The second kappa shape index (κ2) is 10.1. The van der Waals surface area contributed by atoms with Gasteiger partial charge in [-0.05, 0) is 21.0 Å². The molecule has 0 aliphatic rings. The predicted octanol–water partition coefficient (Wildman–Crippen LogP) is -1.45. The highest BCUT2D eigenvalue weighted by molar-refractivity contribution is 6.43. The highest BCUT2D eigenvalue weighted by Crippen LogP contribution is 1.99. The fourth-order valence-corrected chi connectivity index (χ4v) is 2.25. The van der Waals surface area contributed by atoms with Gasteiger partial charge < -0.3 is 18.7 Å². The number of aliphatic carboxylic acids is 1. The number of nitrogens with zero attached hydrogens (tertiary/aromatic N) is 1. The quantitative estimate of drug-likeness (QED) is 0.345. The minimum absolute atomic E-state index is 0.136. The molecule has 0 saturated carbocycles. The minimum Gasteiger partial charge on any atom is -0.484 e. The van der Waals surface area contributed by atoms with Crippen LogP contribution in [0.25, 0.3) is 0 Å². The van der Waals surface area contributed by atoms with Crippen molar-refractivity contribution in [3.05, 3.63) is 0 Å². The maximum atomic E-state index is 11.7. The summed E-state index contributed by atoms with van der Waals surface area (Å²) in [4.78, 5) is 33.7. The van der Waals surface area contributed by atoms with Crippen LogP contribution in [-0.4, -0.2) is 71.0 Å². The fourth-order valence-electron chi connectivity index (χ4n) is 1.20. The summed E-state index contributed by atoms with van der Waals surface area (Å²) in [7, 11) is 2.43. The molecule has 21 heavy (non-hydrogen) atoms. The fraction of sp³-hybridized carbons (Fsp3) is 0.700. The first-order valence-electron chi connectivity index (χ1n) is 6.11. The van der Waals surface area contributed by atoms with Crippen LogP contribution in [0.1, 0.15) is 13.3 Å². The molecular weight excluding hydrogens is 302 g/mol. The monoisotopic (exact) mass is 323 g/mol.